The molecule has 1 atom stereocenters. The maximum absolute atomic E-state index is 11.8. The van der Waals surface area contributed by atoms with Crippen molar-refractivity contribution < 1.29 is 23.1 Å². The van der Waals surface area contributed by atoms with Crippen LogP contribution in [0.1, 0.15) is 6.42 Å². The van der Waals surface area contributed by atoms with Crippen molar-refractivity contribution in [1.82, 2.24) is 0 Å². The van der Waals surface area contributed by atoms with Crippen LogP contribution in [0.5, 0.6) is 0 Å². The largest absolute Gasteiger partial charge is 0.432 e. The van der Waals surface area contributed by atoms with Gasteiger partial charge >= 0.3 is 6.18 Å². The van der Waals surface area contributed by atoms with Gasteiger partial charge in [-0.2, -0.15) is 13.2 Å². The number of aliphatic hydroxyl groups excluding tert-OH is 1. The molecule has 6 heteroatoms. The topological polar surface area (TPSA) is 41.8 Å². The van der Waals surface area contributed by atoms with E-state index >= 15 is 0 Å². The zero-order valence-electron chi connectivity index (χ0n) is 5.43. The summed E-state index contributed by atoms with van der Waals surface area (Å²) in [6.45, 7) is -0.441. The second-order valence-electron chi connectivity index (χ2n) is 2.15. The molecule has 1 unspecified atom stereocenters. The molecule has 0 saturated carbocycles. The Morgan fingerprint density at radius 3 is 2.55 bits per heavy atom. The Balaban J connectivity index is 2.53. The first-order chi connectivity index (χ1) is 5.04. The molecule has 0 fully saturated rings. The van der Waals surface area contributed by atoms with Gasteiger partial charge in [-0.1, -0.05) is 5.16 Å². The van der Waals surface area contributed by atoms with E-state index in [1.54, 1.807) is 0 Å². The molecule has 0 saturated heterocycles. The summed E-state index contributed by atoms with van der Waals surface area (Å²) in [5.41, 5.74) is -0.962. The molecule has 0 aromatic heterocycles. The van der Waals surface area contributed by atoms with Crippen LogP contribution in [0, 0.1) is 0 Å². The first-order valence-electron chi connectivity index (χ1n) is 2.95. The van der Waals surface area contributed by atoms with E-state index in [0.29, 0.717) is 0 Å². The highest BCUT2D eigenvalue weighted by molar-refractivity contribution is 5.90. The van der Waals surface area contributed by atoms with Crippen molar-refractivity contribution in [3.63, 3.8) is 0 Å². The molecule has 0 bridgehead atoms. The molecule has 1 heterocycles. The van der Waals surface area contributed by atoms with Crippen molar-refractivity contribution in [2.45, 2.75) is 18.7 Å². The second-order valence-corrected chi connectivity index (χ2v) is 2.15. The normalized spacial score (nSPS) is 24.7. The van der Waals surface area contributed by atoms with Gasteiger partial charge in [-0.3, -0.25) is 0 Å². The van der Waals surface area contributed by atoms with E-state index in [4.69, 9.17) is 5.11 Å². The first-order valence-corrected chi connectivity index (χ1v) is 2.95. The van der Waals surface area contributed by atoms with Crippen molar-refractivity contribution in [2.24, 2.45) is 5.16 Å². The molecule has 1 aliphatic heterocycles. The van der Waals surface area contributed by atoms with Crippen molar-refractivity contribution >= 4 is 5.71 Å². The summed E-state index contributed by atoms with van der Waals surface area (Å²) >= 11 is 0. The average molecular weight is 169 g/mol. The molecule has 1 N–H and O–H groups in total. The molecule has 0 aliphatic carbocycles. The highest BCUT2D eigenvalue weighted by Crippen LogP contribution is 2.25. The highest BCUT2D eigenvalue weighted by Gasteiger charge is 2.41. The fraction of sp³-hybridized carbons (Fsp3) is 0.800. The molecule has 0 aromatic rings. The zero-order chi connectivity index (χ0) is 8.48. The van der Waals surface area contributed by atoms with Gasteiger partial charge in [0.15, 0.2) is 11.8 Å². The Morgan fingerprint density at radius 1 is 1.64 bits per heavy atom. The Hall–Kier alpha value is -0.780. The van der Waals surface area contributed by atoms with Gasteiger partial charge in [0, 0.05) is 6.42 Å². The number of hydrogen-bond acceptors (Lipinski definition) is 3. The van der Waals surface area contributed by atoms with Gasteiger partial charge in [-0.25, -0.2) is 0 Å². The van der Waals surface area contributed by atoms with E-state index in [9.17, 15) is 13.2 Å². The fourth-order valence-electron chi connectivity index (χ4n) is 0.694. The van der Waals surface area contributed by atoms with Crippen LogP contribution in [0.2, 0.25) is 0 Å². The predicted molar refractivity (Wildman–Crippen MR) is 30.1 cm³/mol. The summed E-state index contributed by atoms with van der Waals surface area (Å²) in [5, 5.41) is 11.2. The lowest BCUT2D eigenvalue weighted by molar-refractivity contribution is -0.0604. The van der Waals surface area contributed by atoms with E-state index in [-0.39, 0.29) is 6.42 Å². The van der Waals surface area contributed by atoms with E-state index in [0.717, 1.165) is 0 Å². The van der Waals surface area contributed by atoms with Crippen LogP contribution in [0.25, 0.3) is 0 Å². The van der Waals surface area contributed by atoms with Crippen LogP contribution in [0.15, 0.2) is 5.16 Å². The third kappa shape index (κ3) is 1.83. The predicted octanol–water partition coefficient (Wildman–Crippen LogP) is 0.686. The van der Waals surface area contributed by atoms with Crippen molar-refractivity contribution in [2.75, 3.05) is 6.61 Å². The maximum atomic E-state index is 11.8. The molecule has 3 nitrogen and oxygen atoms in total. The minimum Gasteiger partial charge on any atom is -0.392 e. The molecule has 0 amide bonds. The average Bonchev–Trinajstić information content (AvgIpc) is 2.32. The quantitative estimate of drug-likeness (QED) is 0.627. The molecular formula is C5H6F3NO2. The maximum Gasteiger partial charge on any atom is 0.432 e. The number of rotatable bonds is 1. The van der Waals surface area contributed by atoms with Gasteiger partial charge in [-0.05, 0) is 0 Å². The number of nitrogens with zero attached hydrogens (tertiary/aromatic N) is 1. The number of alkyl halides is 3. The lowest BCUT2D eigenvalue weighted by Crippen LogP contribution is -2.23. The number of aliphatic hydroxyl groups is 1. The third-order valence-corrected chi connectivity index (χ3v) is 1.26. The summed E-state index contributed by atoms with van der Waals surface area (Å²) in [6, 6.07) is 0. The monoisotopic (exact) mass is 169 g/mol. The Morgan fingerprint density at radius 2 is 2.27 bits per heavy atom. The Bertz CT molecular complexity index is 177. The van der Waals surface area contributed by atoms with Crippen LogP contribution in [-0.4, -0.2) is 29.7 Å². The van der Waals surface area contributed by atoms with Crippen LogP contribution in [0.3, 0.4) is 0 Å². The van der Waals surface area contributed by atoms with E-state index in [1.807, 2.05) is 0 Å². The molecule has 1 rings (SSSR count). The number of oxime groups is 1. The zero-order valence-corrected chi connectivity index (χ0v) is 5.43. The smallest absolute Gasteiger partial charge is 0.392 e. The summed E-state index contributed by atoms with van der Waals surface area (Å²) in [4.78, 5) is 4.26. The summed E-state index contributed by atoms with van der Waals surface area (Å²) in [7, 11) is 0. The van der Waals surface area contributed by atoms with E-state index in [1.165, 1.54) is 0 Å². The van der Waals surface area contributed by atoms with Crippen LogP contribution < -0.4 is 0 Å². The minimum atomic E-state index is -4.43. The number of halogens is 3. The lowest BCUT2D eigenvalue weighted by Gasteiger charge is -2.03. The van der Waals surface area contributed by atoms with E-state index in [2.05, 4.69) is 9.99 Å². The van der Waals surface area contributed by atoms with Gasteiger partial charge in [-0.15, -0.1) is 0 Å². The molecule has 0 spiro atoms. The van der Waals surface area contributed by atoms with Crippen LogP contribution in [0.4, 0.5) is 13.2 Å². The second kappa shape index (κ2) is 2.69. The lowest BCUT2D eigenvalue weighted by atomic mass is 10.2. The van der Waals surface area contributed by atoms with E-state index < -0.39 is 24.6 Å². The molecular weight excluding hydrogens is 163 g/mol. The van der Waals surface area contributed by atoms with Gasteiger partial charge in [0.25, 0.3) is 0 Å². The molecule has 1 aliphatic rings. The SMILES string of the molecule is OCC1CC(C(F)(F)F)=NO1. The Kier molecular flexibility index (Phi) is 2.03. The fourth-order valence-corrected chi connectivity index (χ4v) is 0.694. The summed E-state index contributed by atoms with van der Waals surface area (Å²) in [6.07, 6.45) is -5.61. The van der Waals surface area contributed by atoms with Crippen LogP contribution >= 0.6 is 0 Å². The van der Waals surface area contributed by atoms with Crippen molar-refractivity contribution in [1.29, 1.82) is 0 Å². The molecule has 0 aromatic carbocycles. The first kappa shape index (κ1) is 8.32. The van der Waals surface area contributed by atoms with Crippen LogP contribution in [-0.2, 0) is 4.84 Å². The van der Waals surface area contributed by atoms with Gasteiger partial charge in [0.05, 0.1) is 6.61 Å². The van der Waals surface area contributed by atoms with Crippen molar-refractivity contribution in [3.8, 4) is 0 Å². The van der Waals surface area contributed by atoms with Gasteiger partial charge in [0.2, 0.25) is 0 Å². The summed E-state index contributed by atoms with van der Waals surface area (Å²) < 4.78 is 35.3. The molecule has 64 valence electrons. The molecule has 0 radical (unpaired) electrons. The van der Waals surface area contributed by atoms with Crippen molar-refractivity contribution in [3.05, 3.63) is 0 Å². The van der Waals surface area contributed by atoms with Gasteiger partial charge in [0.1, 0.15) is 0 Å². The molecule has 11 heavy (non-hydrogen) atoms. The highest BCUT2D eigenvalue weighted by atomic mass is 19.4. The summed E-state index contributed by atoms with van der Waals surface area (Å²) in [5.74, 6) is 0. The minimum absolute atomic E-state index is 0.361. The standard InChI is InChI=1S/C5H6F3NO2/c6-5(7,8)4-1-3(2-10)11-9-4/h3,10H,1-2H2. The Labute approximate surface area is 60.4 Å². The third-order valence-electron chi connectivity index (χ3n) is 1.26. The van der Waals surface area contributed by atoms with Gasteiger partial charge < -0.3 is 9.94 Å². The number of hydrogen-bond donors (Lipinski definition) is 1.